The third-order valence-electron chi connectivity index (χ3n) is 2.02. The van der Waals surface area contributed by atoms with E-state index in [1.165, 1.54) is 37.0 Å². The summed E-state index contributed by atoms with van der Waals surface area (Å²) in [5, 5.41) is 0. The lowest BCUT2D eigenvalue weighted by atomic mass is 10.1. The predicted molar refractivity (Wildman–Crippen MR) is 79.2 cm³/mol. The molecule has 0 spiro atoms. The Balaban J connectivity index is 2.21. The third-order valence-corrected chi connectivity index (χ3v) is 5.10. The largest absolute Gasteiger partial charge is 0.385 e. The molecule has 0 unspecified atom stereocenters. The summed E-state index contributed by atoms with van der Waals surface area (Å²) in [6.07, 6.45) is 4.97. The van der Waals surface area contributed by atoms with Gasteiger partial charge >= 0.3 is 0 Å². The van der Waals surface area contributed by atoms with Gasteiger partial charge in [0.25, 0.3) is 0 Å². The summed E-state index contributed by atoms with van der Waals surface area (Å²) in [7, 11) is 1.77. The summed E-state index contributed by atoms with van der Waals surface area (Å²) in [6.45, 7) is 0.901. The van der Waals surface area contributed by atoms with Crippen molar-refractivity contribution in [3.8, 4) is 0 Å². The second-order valence-electron chi connectivity index (χ2n) is 3.15. The Hall–Kier alpha value is 1.12. The second kappa shape index (κ2) is 7.40. The molecule has 4 heteroatoms. The summed E-state index contributed by atoms with van der Waals surface area (Å²) >= 11 is 6.72. The van der Waals surface area contributed by atoms with Gasteiger partial charge in [-0.05, 0) is 76.1 Å². The van der Waals surface area contributed by atoms with Crippen molar-refractivity contribution >= 4 is 56.5 Å². The van der Waals surface area contributed by atoms with Crippen LogP contribution in [-0.4, -0.2) is 13.7 Å². The monoisotopic (exact) mass is 436 g/mol. The molecule has 0 aliphatic rings. The Bertz CT molecular complexity index is 273. The van der Waals surface area contributed by atoms with Crippen LogP contribution in [0, 0.1) is 5.77 Å². The van der Waals surface area contributed by atoms with E-state index in [1.54, 1.807) is 7.11 Å². The highest BCUT2D eigenvalue weighted by Crippen LogP contribution is 2.26. The van der Waals surface area contributed by atoms with E-state index in [0.717, 1.165) is 6.61 Å². The molecule has 1 aromatic rings. The van der Waals surface area contributed by atoms with Crippen LogP contribution >= 0.6 is 56.5 Å². The van der Waals surface area contributed by atoms with Gasteiger partial charge in [0.05, 0.1) is 5.77 Å². The van der Waals surface area contributed by atoms with Gasteiger partial charge in [0.15, 0.2) is 0 Å². The van der Waals surface area contributed by atoms with E-state index in [1.807, 2.05) is 11.3 Å². The van der Waals surface area contributed by atoms with Gasteiger partial charge in [-0.2, -0.15) is 0 Å². The zero-order valence-corrected chi connectivity index (χ0v) is 13.3. The minimum Gasteiger partial charge on any atom is -0.385 e. The zero-order chi connectivity index (χ0) is 10.4. The maximum Gasteiger partial charge on any atom is 0.0696 e. The van der Waals surface area contributed by atoms with Crippen molar-refractivity contribution in [2.24, 2.45) is 0 Å². The summed E-state index contributed by atoms with van der Waals surface area (Å²) in [5.41, 5.74) is 1.53. The fourth-order valence-electron chi connectivity index (χ4n) is 1.28. The van der Waals surface area contributed by atoms with Gasteiger partial charge in [-0.25, -0.2) is 0 Å². The number of rotatable bonds is 6. The van der Waals surface area contributed by atoms with E-state index in [2.05, 4.69) is 51.2 Å². The van der Waals surface area contributed by atoms with Crippen LogP contribution in [0.25, 0.3) is 0 Å². The van der Waals surface area contributed by atoms with Crippen molar-refractivity contribution in [3.05, 3.63) is 17.4 Å². The van der Waals surface area contributed by atoms with Crippen LogP contribution in [0.1, 0.15) is 24.8 Å². The van der Waals surface area contributed by atoms with E-state index < -0.39 is 0 Å². The molecule has 1 rings (SSSR count). The fourth-order valence-corrected chi connectivity index (χ4v) is 5.39. The molecule has 1 nitrogen and oxygen atoms in total. The summed E-state index contributed by atoms with van der Waals surface area (Å²) in [4.78, 5) is 0. The number of halogens is 2. The highest BCUT2D eigenvalue weighted by molar-refractivity contribution is 14.1. The van der Waals surface area contributed by atoms with Crippen molar-refractivity contribution in [3.63, 3.8) is 0 Å². The Morgan fingerprint density at radius 3 is 2.64 bits per heavy atom. The van der Waals surface area contributed by atoms with E-state index in [-0.39, 0.29) is 0 Å². The van der Waals surface area contributed by atoms with E-state index in [4.69, 9.17) is 4.74 Å². The van der Waals surface area contributed by atoms with Gasteiger partial charge in [-0.15, -0.1) is 11.3 Å². The Morgan fingerprint density at radius 1 is 1.29 bits per heavy atom. The number of hydrogen-bond acceptors (Lipinski definition) is 2. The number of hydrogen-bond donors (Lipinski definition) is 0. The van der Waals surface area contributed by atoms with Crippen molar-refractivity contribution in [1.82, 2.24) is 0 Å². The number of unbranched alkanes of at least 4 members (excludes halogenated alkanes) is 2. The molecule has 0 radical (unpaired) electrons. The SMILES string of the molecule is COCCCCCc1cc(I)sc1I. The molecule has 0 amide bonds. The first-order valence-electron chi connectivity index (χ1n) is 4.66. The van der Waals surface area contributed by atoms with Gasteiger partial charge in [0, 0.05) is 13.7 Å². The molecule has 0 saturated heterocycles. The van der Waals surface area contributed by atoms with Crippen LogP contribution in [0.4, 0.5) is 0 Å². The number of thiophene rings is 1. The second-order valence-corrected chi connectivity index (χ2v) is 7.91. The molecule has 0 aromatic carbocycles. The lowest BCUT2D eigenvalue weighted by molar-refractivity contribution is 0.192. The normalized spacial score (nSPS) is 10.8. The molecule has 0 aliphatic heterocycles. The molecule has 0 bridgehead atoms. The highest BCUT2D eigenvalue weighted by atomic mass is 127. The quantitative estimate of drug-likeness (QED) is 0.477. The van der Waals surface area contributed by atoms with E-state index in [0.29, 0.717) is 0 Å². The lowest BCUT2D eigenvalue weighted by Crippen LogP contribution is -1.90. The van der Waals surface area contributed by atoms with Gasteiger partial charge < -0.3 is 4.74 Å². The van der Waals surface area contributed by atoms with Gasteiger partial charge in [-0.3, -0.25) is 0 Å². The molecular formula is C10H14I2OS. The van der Waals surface area contributed by atoms with Crippen molar-refractivity contribution in [2.75, 3.05) is 13.7 Å². The van der Waals surface area contributed by atoms with Crippen LogP contribution in [-0.2, 0) is 11.2 Å². The molecule has 1 aromatic heterocycles. The van der Waals surface area contributed by atoms with E-state index >= 15 is 0 Å². The maximum atomic E-state index is 5.02. The molecule has 0 atom stereocenters. The number of ether oxygens (including phenoxy) is 1. The summed E-state index contributed by atoms with van der Waals surface area (Å²) in [5.74, 6) is 0. The first kappa shape index (κ1) is 13.2. The highest BCUT2D eigenvalue weighted by Gasteiger charge is 2.03. The molecule has 1 heterocycles. The molecule has 0 aliphatic carbocycles. The Labute approximate surface area is 117 Å². The Kier molecular flexibility index (Phi) is 6.97. The van der Waals surface area contributed by atoms with Gasteiger partial charge in [-0.1, -0.05) is 6.42 Å². The standard InChI is InChI=1S/C10H14I2OS/c1-13-6-4-2-3-5-8-7-9(11)14-10(8)12/h7H,2-6H2,1H3. The zero-order valence-electron chi connectivity index (χ0n) is 8.19. The van der Waals surface area contributed by atoms with Crippen LogP contribution in [0.3, 0.4) is 0 Å². The fraction of sp³-hybridized carbons (Fsp3) is 0.600. The van der Waals surface area contributed by atoms with Crippen LogP contribution in [0.2, 0.25) is 0 Å². The van der Waals surface area contributed by atoms with Crippen LogP contribution in [0.5, 0.6) is 0 Å². The first-order chi connectivity index (χ1) is 6.74. The smallest absolute Gasteiger partial charge is 0.0696 e. The molecule has 0 fully saturated rings. The first-order valence-corrected chi connectivity index (χ1v) is 7.64. The van der Waals surface area contributed by atoms with Crippen molar-refractivity contribution in [2.45, 2.75) is 25.7 Å². The molecular weight excluding hydrogens is 422 g/mol. The molecule has 80 valence electrons. The van der Waals surface area contributed by atoms with Crippen LogP contribution < -0.4 is 0 Å². The van der Waals surface area contributed by atoms with Gasteiger partial charge in [0.2, 0.25) is 0 Å². The van der Waals surface area contributed by atoms with Crippen molar-refractivity contribution < 1.29 is 4.74 Å². The van der Waals surface area contributed by atoms with Crippen LogP contribution in [0.15, 0.2) is 6.07 Å². The lowest BCUT2D eigenvalue weighted by Gasteiger charge is -1.99. The van der Waals surface area contributed by atoms with Crippen molar-refractivity contribution in [1.29, 1.82) is 0 Å². The number of methoxy groups -OCH3 is 1. The predicted octanol–water partition coefficient (Wildman–Crippen LogP) is 4.32. The molecule has 14 heavy (non-hydrogen) atoms. The minimum absolute atomic E-state index is 0.901. The average Bonchev–Trinajstić information content (AvgIpc) is 2.45. The Morgan fingerprint density at radius 2 is 2.07 bits per heavy atom. The summed E-state index contributed by atoms with van der Waals surface area (Å²) in [6, 6.07) is 2.31. The average molecular weight is 436 g/mol. The maximum absolute atomic E-state index is 5.02. The van der Waals surface area contributed by atoms with Gasteiger partial charge in [0.1, 0.15) is 0 Å². The summed E-state index contributed by atoms with van der Waals surface area (Å²) < 4.78 is 7.88. The molecule has 0 saturated carbocycles. The molecule has 0 N–H and O–H groups in total. The third kappa shape index (κ3) is 4.76. The minimum atomic E-state index is 0.901. The topological polar surface area (TPSA) is 9.23 Å². The number of aryl methyl sites for hydroxylation is 1. The van der Waals surface area contributed by atoms with E-state index in [9.17, 15) is 0 Å².